The molecule has 14 heavy (non-hydrogen) atoms. The molecule has 0 unspecified atom stereocenters. The van der Waals surface area contributed by atoms with Gasteiger partial charge in [-0.2, -0.15) is 0 Å². The van der Waals surface area contributed by atoms with Crippen molar-refractivity contribution in [1.82, 2.24) is 0 Å². The number of carboxylic acid groups (broad SMARTS) is 2. The van der Waals surface area contributed by atoms with Gasteiger partial charge in [0.1, 0.15) is 0 Å². The molecule has 83 valence electrons. The Morgan fingerprint density at radius 3 is 1.14 bits per heavy atom. The van der Waals surface area contributed by atoms with Crippen molar-refractivity contribution in [2.75, 3.05) is 0 Å². The third kappa shape index (κ3) is 42.0. The van der Waals surface area contributed by atoms with Gasteiger partial charge in [0.25, 0.3) is 0 Å². The van der Waals surface area contributed by atoms with Crippen molar-refractivity contribution in [2.45, 2.75) is 45.3 Å². The first kappa shape index (κ1) is 19.1. The van der Waals surface area contributed by atoms with E-state index in [9.17, 15) is 19.8 Å². The van der Waals surface area contributed by atoms with Crippen LogP contribution in [0.15, 0.2) is 0 Å². The minimum atomic E-state index is -0.961. The molecule has 0 aliphatic rings. The molecule has 0 radical (unpaired) electrons. The molecule has 0 fully saturated rings. The fourth-order valence-corrected chi connectivity index (χ4v) is 0.408. The summed E-state index contributed by atoms with van der Waals surface area (Å²) >= 11 is 2.62. The van der Waals surface area contributed by atoms with Crippen molar-refractivity contribution in [3.8, 4) is 0 Å². The normalized spacial score (nSPS) is 7.29. The summed E-state index contributed by atoms with van der Waals surface area (Å²) in [5.74, 6) is -0.0463. The minimum absolute atomic E-state index is 0.181. The molecule has 0 aromatic carbocycles. The molecule has 0 heterocycles. The van der Waals surface area contributed by atoms with Crippen molar-refractivity contribution < 1.29 is 36.1 Å². The molecule has 0 aromatic rings. The molecule has 0 spiro atoms. The molecule has 0 rings (SSSR count). The average molecular weight is 241 g/mol. The zero-order valence-electron chi connectivity index (χ0n) is 8.87. The standard InChI is InChI=1S/2C4H8O2.CH3.Cr/c2*1-2-3-4(5)6;;/h2*2-3H2,1H3,(H,5,6);1H3;/q;;;+2/p-2. The molecule has 4 nitrogen and oxygen atoms in total. The van der Waals surface area contributed by atoms with Gasteiger partial charge in [0.15, 0.2) is 0 Å². The molecule has 0 aliphatic heterocycles. The molecule has 0 atom stereocenters. The summed E-state index contributed by atoms with van der Waals surface area (Å²) < 4.78 is 0. The van der Waals surface area contributed by atoms with Crippen LogP contribution in [-0.2, 0) is 25.9 Å². The molecule has 0 aliphatic carbocycles. The van der Waals surface area contributed by atoms with Crippen LogP contribution in [0.5, 0.6) is 0 Å². The monoisotopic (exact) mass is 241 g/mol. The van der Waals surface area contributed by atoms with Gasteiger partial charge < -0.3 is 19.8 Å². The molecular formula is C9H17CrO4. The maximum absolute atomic E-state index is 9.49. The molecule has 0 saturated carbocycles. The van der Waals surface area contributed by atoms with E-state index in [0.717, 1.165) is 0 Å². The summed E-state index contributed by atoms with van der Waals surface area (Å²) in [6.07, 6.45) is 1.70. The van der Waals surface area contributed by atoms with E-state index in [1.54, 1.807) is 13.8 Å². The second kappa shape index (κ2) is 18.3. The van der Waals surface area contributed by atoms with Gasteiger partial charge in [-0.05, 0) is 12.8 Å². The third-order valence-corrected chi connectivity index (χ3v) is 0.908. The van der Waals surface area contributed by atoms with Crippen LogP contribution in [0.1, 0.15) is 39.5 Å². The number of rotatable bonds is 4. The Morgan fingerprint density at radius 2 is 1.14 bits per heavy atom. The number of hydrogen-bond acceptors (Lipinski definition) is 4. The van der Waals surface area contributed by atoms with E-state index < -0.39 is 11.9 Å². The summed E-state index contributed by atoms with van der Waals surface area (Å²) in [7, 11) is 0. The van der Waals surface area contributed by atoms with Crippen LogP contribution in [0.2, 0.25) is 5.79 Å². The fraction of sp³-hybridized carbons (Fsp3) is 0.778. The van der Waals surface area contributed by atoms with E-state index in [4.69, 9.17) is 0 Å². The van der Waals surface area contributed by atoms with Crippen LogP contribution in [0, 0.1) is 0 Å². The van der Waals surface area contributed by atoms with Gasteiger partial charge in [-0.25, -0.2) is 0 Å². The van der Waals surface area contributed by atoms with Gasteiger partial charge in [0.2, 0.25) is 0 Å². The molecule has 0 N–H and O–H groups in total. The second-order valence-corrected chi connectivity index (χ2v) is 2.24. The van der Waals surface area contributed by atoms with Crippen molar-refractivity contribution in [3.05, 3.63) is 0 Å². The Hall–Kier alpha value is -0.528. The van der Waals surface area contributed by atoms with E-state index in [2.05, 4.69) is 16.3 Å². The maximum atomic E-state index is 9.49. The first-order chi connectivity index (χ1) is 6.54. The van der Waals surface area contributed by atoms with Crippen molar-refractivity contribution in [2.24, 2.45) is 0 Å². The van der Waals surface area contributed by atoms with Crippen LogP contribution < -0.4 is 10.2 Å². The second-order valence-electron chi connectivity index (χ2n) is 2.24. The Balaban J connectivity index is -0.000000147. The Labute approximate surface area is 93.7 Å². The summed E-state index contributed by atoms with van der Waals surface area (Å²) in [6.45, 7) is 3.60. The number of carbonyl (C=O) groups excluding carboxylic acids is 2. The Kier molecular flexibility index (Phi) is 25.0. The quantitative estimate of drug-likeness (QED) is 0.674. The number of carbonyl (C=O) groups is 2. The topological polar surface area (TPSA) is 80.3 Å². The number of hydrogen-bond donors (Lipinski definition) is 0. The summed E-state index contributed by atoms with van der Waals surface area (Å²) in [4.78, 5) is 19.0. The van der Waals surface area contributed by atoms with E-state index >= 15 is 0 Å². The molecule has 0 saturated heterocycles. The number of carboxylic acids is 2. The SMILES string of the molecule is CCCC(=O)[O-].CCCC(=O)[O-].[CH3][Cr+2]. The average Bonchev–Trinajstić information content (AvgIpc) is 2.08. The zero-order chi connectivity index (χ0) is 12.0. The molecule has 5 heteroatoms. The van der Waals surface area contributed by atoms with Gasteiger partial charge in [-0.3, -0.25) is 0 Å². The zero-order valence-corrected chi connectivity index (χ0v) is 10.1. The van der Waals surface area contributed by atoms with Gasteiger partial charge in [0.05, 0.1) is 0 Å². The fourth-order valence-electron chi connectivity index (χ4n) is 0.408. The number of aliphatic carboxylic acids is 2. The Morgan fingerprint density at radius 1 is 0.929 bits per heavy atom. The van der Waals surface area contributed by atoms with E-state index in [0.29, 0.717) is 12.8 Å². The van der Waals surface area contributed by atoms with Crippen LogP contribution in [0.4, 0.5) is 0 Å². The first-order valence-corrected chi connectivity index (χ1v) is 5.62. The van der Waals surface area contributed by atoms with Crippen molar-refractivity contribution >= 4 is 11.9 Å². The summed E-state index contributed by atoms with van der Waals surface area (Å²) in [5.41, 5.74) is 0. The van der Waals surface area contributed by atoms with Crippen LogP contribution in [-0.4, -0.2) is 11.9 Å². The van der Waals surface area contributed by atoms with Gasteiger partial charge >= 0.3 is 22.1 Å². The predicted octanol–water partition coefficient (Wildman–Crippen LogP) is -0.346. The van der Waals surface area contributed by atoms with E-state index in [-0.39, 0.29) is 12.8 Å². The van der Waals surface area contributed by atoms with Crippen LogP contribution >= 0.6 is 0 Å². The van der Waals surface area contributed by atoms with Gasteiger partial charge in [-0.15, -0.1) is 0 Å². The van der Waals surface area contributed by atoms with Crippen molar-refractivity contribution in [3.63, 3.8) is 0 Å². The van der Waals surface area contributed by atoms with Gasteiger partial charge in [0, 0.05) is 11.9 Å². The predicted molar refractivity (Wildman–Crippen MR) is 45.7 cm³/mol. The van der Waals surface area contributed by atoms with Crippen molar-refractivity contribution in [1.29, 1.82) is 0 Å². The summed E-state index contributed by atoms with van der Waals surface area (Å²) in [5, 5.41) is 19.0. The third-order valence-electron chi connectivity index (χ3n) is 0.908. The molecular weight excluding hydrogens is 224 g/mol. The molecule has 0 amide bonds. The van der Waals surface area contributed by atoms with E-state index in [1.807, 2.05) is 5.79 Å². The van der Waals surface area contributed by atoms with Crippen LogP contribution in [0.25, 0.3) is 0 Å². The first-order valence-electron chi connectivity index (χ1n) is 4.35. The van der Waals surface area contributed by atoms with E-state index in [1.165, 1.54) is 0 Å². The molecule has 0 bridgehead atoms. The van der Waals surface area contributed by atoms with Crippen LogP contribution in [0.3, 0.4) is 0 Å². The molecule has 0 aromatic heterocycles. The summed E-state index contributed by atoms with van der Waals surface area (Å²) in [6, 6.07) is 0. The van der Waals surface area contributed by atoms with Gasteiger partial charge in [-0.1, -0.05) is 26.7 Å². The Bertz CT molecular complexity index is 121.